The molecule has 0 radical (unpaired) electrons. The molecule has 1 aromatic carbocycles. The first-order valence-electron chi connectivity index (χ1n) is 5.54. The monoisotopic (exact) mass is 340 g/mol. The number of phenols is 1. The van der Waals surface area contributed by atoms with Gasteiger partial charge in [-0.05, 0) is 28.1 Å². The molecule has 0 aliphatic rings. The van der Waals surface area contributed by atoms with Crippen LogP contribution in [-0.4, -0.2) is 15.6 Å². The number of carbonyl (C=O) groups excluding carboxylic acids is 1. The first-order chi connectivity index (χ1) is 9.40. The molecule has 0 bridgehead atoms. The van der Waals surface area contributed by atoms with Crippen molar-refractivity contribution in [2.75, 3.05) is 5.32 Å². The van der Waals surface area contributed by atoms with E-state index in [2.05, 4.69) is 21.2 Å². The van der Waals surface area contributed by atoms with Gasteiger partial charge >= 0.3 is 0 Å². The second-order valence-corrected chi connectivity index (χ2v) is 4.96. The molecule has 7 heteroatoms. The fourth-order valence-corrected chi connectivity index (χ4v) is 2.21. The van der Waals surface area contributed by atoms with E-state index in [4.69, 9.17) is 0 Å². The number of pyridine rings is 1. The van der Waals surface area contributed by atoms with Crippen molar-refractivity contribution in [2.45, 2.75) is 0 Å². The topological polar surface area (TPSA) is 71.3 Å². The van der Waals surface area contributed by atoms with E-state index < -0.39 is 28.5 Å². The number of nitrogens with zero attached hydrogens (tertiary/aromatic N) is 1. The van der Waals surface area contributed by atoms with Crippen molar-refractivity contribution in [3.63, 3.8) is 0 Å². The molecule has 5 nitrogen and oxygen atoms in total. The summed E-state index contributed by atoms with van der Waals surface area (Å²) in [5.41, 5.74) is -0.962. The Bertz CT molecular complexity index is 723. The lowest BCUT2D eigenvalue weighted by Crippen LogP contribution is -2.21. The van der Waals surface area contributed by atoms with Crippen LogP contribution in [0.5, 0.6) is 5.75 Å². The quantitative estimate of drug-likeness (QED) is 0.880. The summed E-state index contributed by atoms with van der Waals surface area (Å²) in [7, 11) is 1.67. The Morgan fingerprint density at radius 3 is 2.75 bits per heavy atom. The van der Waals surface area contributed by atoms with Crippen LogP contribution in [0.1, 0.15) is 10.4 Å². The molecule has 2 rings (SSSR count). The number of anilines is 1. The summed E-state index contributed by atoms with van der Waals surface area (Å²) >= 11 is 3.06. The van der Waals surface area contributed by atoms with Crippen molar-refractivity contribution in [1.82, 2.24) is 4.57 Å². The van der Waals surface area contributed by atoms with E-state index in [1.54, 1.807) is 11.6 Å². The standard InChI is InChI=1S/C13H10BrFN2O3/c1-17-5-7(14)12(19)9(6-17)16-13(20)11-8(15)3-2-4-10(11)18/h2-6,18H,1H3,(H,16,20). The molecule has 2 aromatic rings. The van der Waals surface area contributed by atoms with Crippen LogP contribution in [0.3, 0.4) is 0 Å². The number of benzene rings is 1. The molecule has 1 amide bonds. The van der Waals surface area contributed by atoms with E-state index in [0.717, 1.165) is 6.07 Å². The van der Waals surface area contributed by atoms with Crippen LogP contribution in [0.25, 0.3) is 0 Å². The van der Waals surface area contributed by atoms with E-state index in [1.165, 1.54) is 24.5 Å². The van der Waals surface area contributed by atoms with E-state index >= 15 is 0 Å². The molecule has 1 heterocycles. The Hall–Kier alpha value is -2.15. The highest BCUT2D eigenvalue weighted by atomic mass is 79.9. The SMILES string of the molecule is Cn1cc(Br)c(=O)c(NC(=O)c2c(O)cccc2F)c1. The molecule has 0 aliphatic carbocycles. The molecule has 0 saturated carbocycles. The smallest absolute Gasteiger partial charge is 0.262 e. The molecule has 0 atom stereocenters. The predicted octanol–water partition coefficient (Wildman–Crippen LogP) is 2.24. The number of aromatic hydroxyl groups is 1. The lowest BCUT2D eigenvalue weighted by atomic mass is 10.1. The number of rotatable bonds is 2. The van der Waals surface area contributed by atoms with Gasteiger partial charge < -0.3 is 15.0 Å². The van der Waals surface area contributed by atoms with Crippen LogP contribution >= 0.6 is 15.9 Å². The Morgan fingerprint density at radius 2 is 2.10 bits per heavy atom. The van der Waals surface area contributed by atoms with Gasteiger partial charge in [0.1, 0.15) is 22.8 Å². The number of carbonyl (C=O) groups is 1. The van der Waals surface area contributed by atoms with Crippen molar-refractivity contribution in [3.05, 3.63) is 56.7 Å². The summed E-state index contributed by atoms with van der Waals surface area (Å²) in [6.07, 6.45) is 2.92. The predicted molar refractivity (Wildman–Crippen MR) is 75.4 cm³/mol. The number of halogens is 2. The minimum Gasteiger partial charge on any atom is -0.507 e. The van der Waals surface area contributed by atoms with Gasteiger partial charge in [0.2, 0.25) is 5.43 Å². The van der Waals surface area contributed by atoms with E-state index in [9.17, 15) is 19.1 Å². The van der Waals surface area contributed by atoms with Gasteiger partial charge in [0, 0.05) is 19.4 Å². The molecular weight excluding hydrogens is 331 g/mol. The molecule has 20 heavy (non-hydrogen) atoms. The van der Waals surface area contributed by atoms with Crippen LogP contribution in [0.4, 0.5) is 10.1 Å². The van der Waals surface area contributed by atoms with Gasteiger partial charge in [-0.15, -0.1) is 0 Å². The van der Waals surface area contributed by atoms with Gasteiger partial charge in [-0.3, -0.25) is 9.59 Å². The Labute approximate surface area is 121 Å². The minimum absolute atomic E-state index is 0.0190. The summed E-state index contributed by atoms with van der Waals surface area (Å²) in [4.78, 5) is 23.8. The summed E-state index contributed by atoms with van der Waals surface area (Å²) in [6, 6.07) is 3.52. The van der Waals surface area contributed by atoms with Crippen molar-refractivity contribution in [3.8, 4) is 5.75 Å². The zero-order valence-electron chi connectivity index (χ0n) is 10.4. The summed E-state index contributed by atoms with van der Waals surface area (Å²) in [5, 5.41) is 11.8. The number of hydrogen-bond donors (Lipinski definition) is 2. The van der Waals surface area contributed by atoms with Crippen molar-refractivity contribution >= 4 is 27.5 Å². The Balaban J connectivity index is 2.41. The molecule has 104 valence electrons. The Morgan fingerprint density at radius 1 is 1.40 bits per heavy atom. The Kier molecular flexibility index (Phi) is 3.89. The lowest BCUT2D eigenvalue weighted by Gasteiger charge is -2.09. The maximum Gasteiger partial charge on any atom is 0.262 e. The molecule has 0 spiro atoms. The first-order valence-corrected chi connectivity index (χ1v) is 6.34. The number of aryl methyl sites for hydroxylation is 1. The van der Waals surface area contributed by atoms with E-state index in [-0.39, 0.29) is 10.2 Å². The van der Waals surface area contributed by atoms with Gasteiger partial charge in [0.05, 0.1) is 4.47 Å². The number of amides is 1. The lowest BCUT2D eigenvalue weighted by molar-refractivity contribution is 0.102. The highest BCUT2D eigenvalue weighted by Crippen LogP contribution is 2.21. The normalized spacial score (nSPS) is 10.3. The van der Waals surface area contributed by atoms with Gasteiger partial charge in [0.25, 0.3) is 5.91 Å². The van der Waals surface area contributed by atoms with Gasteiger partial charge in [-0.1, -0.05) is 6.07 Å². The third-order valence-corrected chi connectivity index (χ3v) is 3.14. The zero-order valence-corrected chi connectivity index (χ0v) is 11.9. The molecule has 0 saturated heterocycles. The van der Waals surface area contributed by atoms with Crippen LogP contribution in [0, 0.1) is 5.82 Å². The minimum atomic E-state index is -0.893. The highest BCUT2D eigenvalue weighted by Gasteiger charge is 2.18. The van der Waals surface area contributed by atoms with Gasteiger partial charge in [0.15, 0.2) is 0 Å². The van der Waals surface area contributed by atoms with Crippen molar-refractivity contribution in [2.24, 2.45) is 7.05 Å². The van der Waals surface area contributed by atoms with Crippen LogP contribution in [0.15, 0.2) is 39.9 Å². The van der Waals surface area contributed by atoms with Crippen LogP contribution < -0.4 is 10.7 Å². The number of aromatic nitrogens is 1. The fourth-order valence-electron chi connectivity index (χ4n) is 1.68. The van der Waals surface area contributed by atoms with E-state index in [1.807, 2.05) is 0 Å². The molecule has 0 unspecified atom stereocenters. The fraction of sp³-hybridized carbons (Fsp3) is 0.0769. The molecule has 0 fully saturated rings. The third-order valence-electron chi connectivity index (χ3n) is 2.58. The second-order valence-electron chi connectivity index (χ2n) is 4.10. The highest BCUT2D eigenvalue weighted by molar-refractivity contribution is 9.10. The largest absolute Gasteiger partial charge is 0.507 e. The second kappa shape index (κ2) is 5.46. The summed E-state index contributed by atoms with van der Waals surface area (Å²) in [5.74, 6) is -2.25. The third kappa shape index (κ3) is 2.72. The van der Waals surface area contributed by atoms with Gasteiger partial charge in [-0.2, -0.15) is 0 Å². The van der Waals surface area contributed by atoms with Gasteiger partial charge in [-0.25, -0.2) is 4.39 Å². The van der Waals surface area contributed by atoms with E-state index in [0.29, 0.717) is 0 Å². The first kappa shape index (κ1) is 14.3. The van der Waals surface area contributed by atoms with Crippen LogP contribution in [-0.2, 0) is 7.05 Å². The average molecular weight is 341 g/mol. The zero-order chi connectivity index (χ0) is 14.9. The molecule has 0 aliphatic heterocycles. The molecule has 1 aromatic heterocycles. The number of hydrogen-bond acceptors (Lipinski definition) is 3. The molecule has 2 N–H and O–H groups in total. The molecular formula is C13H10BrFN2O3. The average Bonchev–Trinajstić information content (AvgIpc) is 2.35. The number of nitrogens with one attached hydrogen (secondary N) is 1. The summed E-state index contributed by atoms with van der Waals surface area (Å²) < 4.78 is 15.4. The maximum atomic E-state index is 13.5. The summed E-state index contributed by atoms with van der Waals surface area (Å²) in [6.45, 7) is 0. The van der Waals surface area contributed by atoms with Crippen molar-refractivity contribution < 1.29 is 14.3 Å². The maximum absolute atomic E-state index is 13.5. The van der Waals surface area contributed by atoms with Crippen LogP contribution in [0.2, 0.25) is 0 Å². The van der Waals surface area contributed by atoms with Crippen molar-refractivity contribution in [1.29, 1.82) is 0 Å². The number of phenolic OH excluding ortho intramolecular Hbond substituents is 1.